The maximum Gasteiger partial charge on any atom is 0.0543 e. The van der Waals surface area contributed by atoms with Crippen LogP contribution in [0.5, 0.6) is 0 Å². The van der Waals surface area contributed by atoms with E-state index in [2.05, 4.69) is 35.2 Å². The number of hydrogen-bond donors (Lipinski definition) is 1. The summed E-state index contributed by atoms with van der Waals surface area (Å²) in [5.74, 6) is 1.60. The second-order valence-electron chi connectivity index (χ2n) is 6.00. The lowest BCUT2D eigenvalue weighted by atomic mass is 9.74. The zero-order valence-corrected chi connectivity index (χ0v) is 11.0. The monoisotopic (exact) mass is 245 g/mol. The van der Waals surface area contributed by atoms with Crippen LogP contribution in [0.2, 0.25) is 0 Å². The first-order valence-corrected chi connectivity index (χ1v) is 7.25. The largest absolute Gasteiger partial charge is 0.393 e. The van der Waals surface area contributed by atoms with Crippen molar-refractivity contribution in [2.75, 3.05) is 13.1 Å². The van der Waals surface area contributed by atoms with Gasteiger partial charge in [0.15, 0.2) is 0 Å². The zero-order valence-electron chi connectivity index (χ0n) is 11.0. The predicted octanol–water partition coefficient (Wildman–Crippen LogP) is 2.67. The molecule has 1 aliphatic carbocycles. The van der Waals surface area contributed by atoms with E-state index in [0.29, 0.717) is 0 Å². The van der Waals surface area contributed by atoms with Gasteiger partial charge in [-0.2, -0.15) is 0 Å². The molecule has 3 atom stereocenters. The van der Waals surface area contributed by atoms with E-state index in [-0.39, 0.29) is 6.10 Å². The predicted molar refractivity (Wildman–Crippen MR) is 73.2 cm³/mol. The summed E-state index contributed by atoms with van der Waals surface area (Å²) in [7, 11) is 0. The third kappa shape index (κ3) is 2.76. The van der Waals surface area contributed by atoms with Crippen LogP contribution in [-0.4, -0.2) is 29.2 Å². The van der Waals surface area contributed by atoms with Crippen molar-refractivity contribution in [1.82, 2.24) is 4.90 Å². The van der Waals surface area contributed by atoms with E-state index in [4.69, 9.17) is 0 Å². The summed E-state index contributed by atoms with van der Waals surface area (Å²) in [6.45, 7) is 3.52. The summed E-state index contributed by atoms with van der Waals surface area (Å²) < 4.78 is 0. The molecule has 0 aromatic heterocycles. The van der Waals surface area contributed by atoms with Gasteiger partial charge in [0.05, 0.1) is 6.10 Å². The third-order valence-electron chi connectivity index (χ3n) is 4.67. The van der Waals surface area contributed by atoms with Gasteiger partial charge in [-0.05, 0) is 49.6 Å². The van der Waals surface area contributed by atoms with Crippen molar-refractivity contribution in [2.45, 2.75) is 38.3 Å². The van der Waals surface area contributed by atoms with Crippen LogP contribution in [0, 0.1) is 11.8 Å². The molecule has 0 bridgehead atoms. The first kappa shape index (κ1) is 12.2. The van der Waals surface area contributed by atoms with Crippen LogP contribution < -0.4 is 0 Å². The lowest BCUT2D eigenvalue weighted by molar-refractivity contribution is 0.0181. The Hall–Kier alpha value is -0.860. The van der Waals surface area contributed by atoms with Crippen LogP contribution in [-0.2, 0) is 6.54 Å². The van der Waals surface area contributed by atoms with E-state index in [1.165, 1.54) is 31.5 Å². The number of aliphatic hydroxyl groups excluding tert-OH is 1. The summed E-state index contributed by atoms with van der Waals surface area (Å²) in [4.78, 5) is 2.59. The minimum atomic E-state index is -0.0214. The fraction of sp³-hybridized carbons (Fsp3) is 0.625. The molecule has 1 unspecified atom stereocenters. The average molecular weight is 245 g/mol. The zero-order chi connectivity index (χ0) is 12.4. The molecule has 0 spiro atoms. The maximum absolute atomic E-state index is 9.74. The molecular weight excluding hydrogens is 222 g/mol. The Morgan fingerprint density at radius 2 is 1.89 bits per heavy atom. The summed E-state index contributed by atoms with van der Waals surface area (Å²) in [5.41, 5.74) is 1.42. The number of rotatable bonds is 2. The minimum Gasteiger partial charge on any atom is -0.393 e. The van der Waals surface area contributed by atoms with Gasteiger partial charge in [0, 0.05) is 13.1 Å². The van der Waals surface area contributed by atoms with Gasteiger partial charge in [-0.15, -0.1) is 0 Å². The normalized spacial score (nSPS) is 33.1. The molecule has 1 heterocycles. The standard InChI is InChI=1S/C16H23NO/c18-16-7-6-15-12-17(9-8-14(15)10-16)11-13-4-2-1-3-5-13/h1-5,14-16,18H,6-12H2/t14-,15-,16?/m0/s1. The molecule has 1 N–H and O–H groups in total. The van der Waals surface area contributed by atoms with Crippen LogP contribution in [0.3, 0.4) is 0 Å². The van der Waals surface area contributed by atoms with Gasteiger partial charge >= 0.3 is 0 Å². The van der Waals surface area contributed by atoms with Gasteiger partial charge in [-0.25, -0.2) is 0 Å². The Bertz CT molecular complexity index is 378. The van der Waals surface area contributed by atoms with Crippen molar-refractivity contribution in [3.8, 4) is 0 Å². The van der Waals surface area contributed by atoms with Crippen molar-refractivity contribution in [2.24, 2.45) is 11.8 Å². The number of aliphatic hydroxyl groups is 1. The van der Waals surface area contributed by atoms with E-state index in [1.807, 2.05) is 0 Å². The number of nitrogens with zero attached hydrogens (tertiary/aromatic N) is 1. The molecule has 98 valence electrons. The molecule has 2 heteroatoms. The van der Waals surface area contributed by atoms with Gasteiger partial charge in [0.1, 0.15) is 0 Å². The summed E-state index contributed by atoms with van der Waals surface area (Å²) in [6.07, 6.45) is 4.53. The fourth-order valence-electron chi connectivity index (χ4n) is 3.65. The first-order valence-electron chi connectivity index (χ1n) is 7.25. The summed E-state index contributed by atoms with van der Waals surface area (Å²) in [5, 5.41) is 9.74. The van der Waals surface area contributed by atoms with Crippen molar-refractivity contribution >= 4 is 0 Å². The maximum atomic E-state index is 9.74. The third-order valence-corrected chi connectivity index (χ3v) is 4.67. The molecule has 1 saturated heterocycles. The highest BCUT2D eigenvalue weighted by atomic mass is 16.3. The number of piperidine rings is 1. The number of fused-ring (bicyclic) bond motifs is 1. The van der Waals surface area contributed by atoms with E-state index < -0.39 is 0 Å². The summed E-state index contributed by atoms with van der Waals surface area (Å²) >= 11 is 0. The van der Waals surface area contributed by atoms with Gasteiger partial charge in [0.25, 0.3) is 0 Å². The first-order chi connectivity index (χ1) is 8.81. The smallest absolute Gasteiger partial charge is 0.0543 e. The van der Waals surface area contributed by atoms with Gasteiger partial charge < -0.3 is 5.11 Å². The van der Waals surface area contributed by atoms with Crippen LogP contribution in [0.15, 0.2) is 30.3 Å². The Labute approximate surface area is 110 Å². The van der Waals surface area contributed by atoms with E-state index in [1.54, 1.807) is 0 Å². The number of benzene rings is 1. The topological polar surface area (TPSA) is 23.5 Å². The molecule has 2 nitrogen and oxygen atoms in total. The highest BCUT2D eigenvalue weighted by Gasteiger charge is 2.33. The average Bonchev–Trinajstić information content (AvgIpc) is 2.40. The molecule has 1 aromatic rings. The molecule has 0 amide bonds. The van der Waals surface area contributed by atoms with Crippen LogP contribution in [0.25, 0.3) is 0 Å². The van der Waals surface area contributed by atoms with Gasteiger partial charge in [-0.3, -0.25) is 4.90 Å². The van der Waals surface area contributed by atoms with Crippen molar-refractivity contribution < 1.29 is 5.11 Å². The minimum absolute atomic E-state index is 0.0214. The van der Waals surface area contributed by atoms with Gasteiger partial charge in [-0.1, -0.05) is 30.3 Å². The van der Waals surface area contributed by atoms with Crippen LogP contribution in [0.1, 0.15) is 31.2 Å². The van der Waals surface area contributed by atoms with Crippen molar-refractivity contribution in [1.29, 1.82) is 0 Å². The molecule has 1 aliphatic heterocycles. The molecule has 1 aromatic carbocycles. The second-order valence-corrected chi connectivity index (χ2v) is 6.00. The van der Waals surface area contributed by atoms with Gasteiger partial charge in [0.2, 0.25) is 0 Å². The highest BCUT2D eigenvalue weighted by Crippen LogP contribution is 2.36. The van der Waals surface area contributed by atoms with Crippen molar-refractivity contribution in [3.63, 3.8) is 0 Å². The Kier molecular flexibility index (Phi) is 3.67. The molecule has 18 heavy (non-hydrogen) atoms. The molecular formula is C16H23NO. The molecule has 2 fully saturated rings. The SMILES string of the molecule is OC1CC[C@H]2CN(Cc3ccccc3)CC[C@H]2C1. The number of hydrogen-bond acceptors (Lipinski definition) is 2. The molecule has 2 aliphatic rings. The highest BCUT2D eigenvalue weighted by molar-refractivity contribution is 5.14. The molecule has 1 saturated carbocycles. The van der Waals surface area contributed by atoms with E-state index >= 15 is 0 Å². The quantitative estimate of drug-likeness (QED) is 0.866. The lowest BCUT2D eigenvalue weighted by Gasteiger charge is -2.42. The Morgan fingerprint density at radius 3 is 2.72 bits per heavy atom. The molecule has 3 rings (SSSR count). The second kappa shape index (κ2) is 5.41. The van der Waals surface area contributed by atoms with Crippen LogP contribution >= 0.6 is 0 Å². The Morgan fingerprint density at radius 1 is 1.06 bits per heavy atom. The molecule has 0 radical (unpaired) electrons. The van der Waals surface area contributed by atoms with Crippen LogP contribution in [0.4, 0.5) is 0 Å². The fourth-order valence-corrected chi connectivity index (χ4v) is 3.65. The Balaban J connectivity index is 1.58. The van der Waals surface area contributed by atoms with Crippen molar-refractivity contribution in [3.05, 3.63) is 35.9 Å². The number of likely N-dealkylation sites (tertiary alicyclic amines) is 1. The van der Waals surface area contributed by atoms with E-state index in [0.717, 1.165) is 31.2 Å². The van der Waals surface area contributed by atoms with E-state index in [9.17, 15) is 5.11 Å². The summed E-state index contributed by atoms with van der Waals surface area (Å²) in [6, 6.07) is 10.8. The lowest BCUT2D eigenvalue weighted by Crippen LogP contribution is -2.43.